The van der Waals surface area contributed by atoms with Crippen LogP contribution in [0.5, 0.6) is 0 Å². The first-order valence-corrected chi connectivity index (χ1v) is 5.54. The Balaban J connectivity index is 2.51. The van der Waals surface area contributed by atoms with Gasteiger partial charge in [-0.15, -0.1) is 0 Å². The fourth-order valence-corrected chi connectivity index (χ4v) is 1.42. The van der Waals surface area contributed by atoms with E-state index in [4.69, 9.17) is 5.14 Å². The lowest BCUT2D eigenvalue weighted by Crippen LogP contribution is -2.32. The van der Waals surface area contributed by atoms with Crippen LogP contribution in [0.3, 0.4) is 0 Å². The van der Waals surface area contributed by atoms with Crippen LogP contribution < -0.4 is 9.86 Å². The maximum absolute atomic E-state index is 13.0. The van der Waals surface area contributed by atoms with Gasteiger partial charge in [0, 0.05) is 6.54 Å². The molecule has 0 heterocycles. The first-order chi connectivity index (χ1) is 6.49. The maximum Gasteiger partial charge on any atom is 0.274 e. The van der Waals surface area contributed by atoms with Gasteiger partial charge in [0.1, 0.15) is 5.82 Å². The van der Waals surface area contributed by atoms with Crippen LogP contribution in [0.15, 0.2) is 24.3 Å². The molecular weight excluding hydrogens is 207 g/mol. The molecular formula is C8H11FN2O2S. The highest BCUT2D eigenvalue weighted by molar-refractivity contribution is 7.87. The maximum atomic E-state index is 13.0. The predicted molar refractivity (Wildman–Crippen MR) is 51.2 cm³/mol. The van der Waals surface area contributed by atoms with Crippen molar-refractivity contribution in [2.24, 2.45) is 5.14 Å². The summed E-state index contributed by atoms with van der Waals surface area (Å²) >= 11 is 0. The summed E-state index contributed by atoms with van der Waals surface area (Å²) < 4.78 is 36.0. The lowest BCUT2D eigenvalue weighted by Gasteiger charge is -2.03. The Bertz CT molecular complexity index is 406. The molecule has 0 bridgehead atoms. The van der Waals surface area contributed by atoms with Crippen LogP contribution in [0.4, 0.5) is 4.39 Å². The van der Waals surface area contributed by atoms with Crippen molar-refractivity contribution < 1.29 is 12.8 Å². The van der Waals surface area contributed by atoms with Gasteiger partial charge in [-0.3, -0.25) is 0 Å². The van der Waals surface area contributed by atoms with Crippen molar-refractivity contribution in [1.82, 2.24) is 4.72 Å². The molecule has 78 valence electrons. The molecule has 3 N–H and O–H groups in total. The monoisotopic (exact) mass is 218 g/mol. The first kappa shape index (κ1) is 11.1. The Morgan fingerprint density at radius 2 is 2.00 bits per heavy atom. The molecule has 0 fully saturated rings. The highest BCUT2D eigenvalue weighted by Gasteiger charge is 2.03. The number of halogens is 1. The van der Waals surface area contributed by atoms with Crippen LogP contribution in [0.1, 0.15) is 5.56 Å². The average molecular weight is 218 g/mol. The average Bonchev–Trinajstić information content (AvgIpc) is 2.06. The summed E-state index contributed by atoms with van der Waals surface area (Å²) in [5, 5.41) is 4.71. The van der Waals surface area contributed by atoms with Crippen molar-refractivity contribution in [2.75, 3.05) is 6.54 Å². The summed E-state index contributed by atoms with van der Waals surface area (Å²) in [5.74, 6) is -0.344. The second-order valence-electron chi connectivity index (χ2n) is 2.78. The van der Waals surface area contributed by atoms with Crippen molar-refractivity contribution in [1.29, 1.82) is 0 Å². The summed E-state index contributed by atoms with van der Waals surface area (Å²) in [6.07, 6.45) is 0.281. The summed E-state index contributed by atoms with van der Waals surface area (Å²) in [6.45, 7) is 0.0970. The second-order valence-corrected chi connectivity index (χ2v) is 4.16. The van der Waals surface area contributed by atoms with Crippen LogP contribution in [-0.4, -0.2) is 15.0 Å². The SMILES string of the molecule is NS(=O)(=O)NCCc1ccccc1F. The number of rotatable bonds is 4. The van der Waals surface area contributed by atoms with E-state index in [0.717, 1.165) is 0 Å². The molecule has 0 spiro atoms. The Morgan fingerprint density at radius 3 is 2.57 bits per heavy atom. The van der Waals surface area contributed by atoms with Gasteiger partial charge in [0.05, 0.1) is 0 Å². The standard InChI is InChI=1S/C8H11FN2O2S/c9-8-4-2-1-3-7(8)5-6-11-14(10,12)13/h1-4,11H,5-6H2,(H2,10,12,13). The van der Waals surface area contributed by atoms with Gasteiger partial charge in [0.25, 0.3) is 10.2 Å². The quantitative estimate of drug-likeness (QED) is 0.755. The zero-order chi connectivity index (χ0) is 10.6. The smallest absolute Gasteiger partial charge is 0.216 e. The Kier molecular flexibility index (Phi) is 3.56. The largest absolute Gasteiger partial charge is 0.274 e. The minimum absolute atomic E-state index is 0.0970. The van der Waals surface area contributed by atoms with Gasteiger partial charge in [-0.1, -0.05) is 18.2 Å². The Hall–Kier alpha value is -0.980. The van der Waals surface area contributed by atoms with E-state index in [1.54, 1.807) is 18.2 Å². The molecule has 0 unspecified atom stereocenters. The molecule has 1 aromatic carbocycles. The highest BCUT2D eigenvalue weighted by Crippen LogP contribution is 2.05. The molecule has 6 heteroatoms. The van der Waals surface area contributed by atoms with E-state index in [-0.39, 0.29) is 18.8 Å². The van der Waals surface area contributed by atoms with Gasteiger partial charge in [-0.25, -0.2) is 14.3 Å². The van der Waals surface area contributed by atoms with Gasteiger partial charge < -0.3 is 0 Å². The summed E-state index contributed by atoms with van der Waals surface area (Å²) in [5.41, 5.74) is 0.462. The molecule has 0 saturated heterocycles. The van der Waals surface area contributed by atoms with Crippen molar-refractivity contribution in [3.05, 3.63) is 35.6 Å². The molecule has 0 aromatic heterocycles. The predicted octanol–water partition coefficient (Wildman–Crippen LogP) is 0.161. The van der Waals surface area contributed by atoms with Crippen LogP contribution in [0, 0.1) is 5.82 Å². The summed E-state index contributed by atoms with van der Waals surface area (Å²) in [6, 6.07) is 6.19. The molecule has 0 atom stereocenters. The second kappa shape index (κ2) is 4.50. The van der Waals surface area contributed by atoms with Gasteiger partial charge in [-0.05, 0) is 18.1 Å². The molecule has 1 aromatic rings. The molecule has 0 aliphatic carbocycles. The first-order valence-electron chi connectivity index (χ1n) is 4.00. The van der Waals surface area contributed by atoms with E-state index in [0.29, 0.717) is 5.56 Å². The van der Waals surface area contributed by atoms with Crippen LogP contribution in [0.25, 0.3) is 0 Å². The fraction of sp³-hybridized carbons (Fsp3) is 0.250. The summed E-state index contributed by atoms with van der Waals surface area (Å²) in [4.78, 5) is 0. The van der Waals surface area contributed by atoms with Gasteiger partial charge in [0.15, 0.2) is 0 Å². The van der Waals surface area contributed by atoms with E-state index >= 15 is 0 Å². The minimum Gasteiger partial charge on any atom is -0.216 e. The lowest BCUT2D eigenvalue weighted by molar-refractivity contribution is 0.579. The summed E-state index contributed by atoms with van der Waals surface area (Å²) in [7, 11) is -3.68. The minimum atomic E-state index is -3.68. The van der Waals surface area contributed by atoms with Gasteiger partial charge >= 0.3 is 0 Å². The van der Waals surface area contributed by atoms with Crippen LogP contribution >= 0.6 is 0 Å². The number of hydrogen-bond donors (Lipinski definition) is 2. The van der Waals surface area contributed by atoms with E-state index in [1.165, 1.54) is 6.07 Å². The lowest BCUT2D eigenvalue weighted by atomic mass is 10.1. The number of nitrogens with one attached hydrogen (secondary N) is 1. The van der Waals surface area contributed by atoms with Crippen molar-refractivity contribution in [3.63, 3.8) is 0 Å². The molecule has 14 heavy (non-hydrogen) atoms. The Morgan fingerprint density at radius 1 is 1.36 bits per heavy atom. The number of hydrogen-bond acceptors (Lipinski definition) is 2. The highest BCUT2D eigenvalue weighted by atomic mass is 32.2. The van der Waals surface area contributed by atoms with Gasteiger partial charge in [-0.2, -0.15) is 8.42 Å². The molecule has 0 saturated carbocycles. The third kappa shape index (κ3) is 3.82. The van der Waals surface area contributed by atoms with E-state index < -0.39 is 10.2 Å². The molecule has 4 nitrogen and oxygen atoms in total. The van der Waals surface area contributed by atoms with Crippen molar-refractivity contribution in [3.8, 4) is 0 Å². The van der Waals surface area contributed by atoms with E-state index in [9.17, 15) is 12.8 Å². The van der Waals surface area contributed by atoms with E-state index in [1.807, 2.05) is 0 Å². The zero-order valence-corrected chi connectivity index (χ0v) is 8.22. The third-order valence-corrected chi connectivity index (χ3v) is 2.26. The molecule has 0 aliphatic rings. The van der Waals surface area contributed by atoms with Crippen LogP contribution in [0.2, 0.25) is 0 Å². The number of nitrogens with two attached hydrogens (primary N) is 1. The topological polar surface area (TPSA) is 72.2 Å². The Labute approximate surface area is 82.1 Å². The van der Waals surface area contributed by atoms with Crippen LogP contribution in [-0.2, 0) is 16.6 Å². The zero-order valence-electron chi connectivity index (χ0n) is 7.40. The fourth-order valence-electron chi connectivity index (χ4n) is 1.03. The van der Waals surface area contributed by atoms with E-state index in [2.05, 4.69) is 4.72 Å². The van der Waals surface area contributed by atoms with Gasteiger partial charge in [0.2, 0.25) is 0 Å². The number of benzene rings is 1. The van der Waals surface area contributed by atoms with Crippen molar-refractivity contribution >= 4 is 10.2 Å². The molecule has 0 radical (unpaired) electrons. The molecule has 0 amide bonds. The van der Waals surface area contributed by atoms with Crippen molar-refractivity contribution in [2.45, 2.75) is 6.42 Å². The third-order valence-electron chi connectivity index (χ3n) is 1.66. The molecule has 1 rings (SSSR count). The molecule has 0 aliphatic heterocycles. The normalized spacial score (nSPS) is 11.6.